The highest BCUT2D eigenvalue weighted by Crippen LogP contribution is 2.37. The molecule has 5 nitrogen and oxygen atoms in total. The lowest BCUT2D eigenvalue weighted by Crippen LogP contribution is -2.22. The first kappa shape index (κ1) is 17.8. The lowest BCUT2D eigenvalue weighted by Gasteiger charge is -2.11. The Balaban J connectivity index is 0.00000182. The number of hydrogen-bond donors (Lipinski definition) is 1. The first-order valence-corrected chi connectivity index (χ1v) is 9.22. The molecule has 25 heavy (non-hydrogen) atoms. The molecular formula is C18H18ClNO4S. The highest BCUT2D eigenvalue weighted by Gasteiger charge is 2.25. The van der Waals surface area contributed by atoms with Crippen LogP contribution in [0.2, 0.25) is 0 Å². The minimum Gasteiger partial charge on any atom is -0.493 e. The van der Waals surface area contributed by atoms with Crippen LogP contribution in [0.25, 0.3) is 11.0 Å². The molecule has 1 aromatic heterocycles. The third kappa shape index (κ3) is 2.90. The van der Waals surface area contributed by atoms with Gasteiger partial charge in [0.1, 0.15) is 5.76 Å². The van der Waals surface area contributed by atoms with E-state index in [9.17, 15) is 8.42 Å². The number of fused-ring (bicyclic) bond motifs is 3. The van der Waals surface area contributed by atoms with Gasteiger partial charge in [-0.25, -0.2) is 8.42 Å². The molecule has 0 unspecified atom stereocenters. The Morgan fingerprint density at radius 2 is 1.88 bits per heavy atom. The van der Waals surface area contributed by atoms with Crippen molar-refractivity contribution in [1.29, 1.82) is 0 Å². The van der Waals surface area contributed by atoms with Gasteiger partial charge in [-0.3, -0.25) is 0 Å². The number of sulfone groups is 1. The zero-order valence-electron chi connectivity index (χ0n) is 13.6. The standard InChI is InChI=1S/C18H17NO4S.ClH/c1-22-17-10-13(24(20,21)12-5-3-2-4-6-12)9-14-15-11-19-8-7-16(15)23-18(14)17;/h2-6,9-10,19H,7-8,11H2,1H3;1H. The third-order valence-corrected chi connectivity index (χ3v) is 6.08. The maximum absolute atomic E-state index is 12.9. The van der Waals surface area contributed by atoms with Gasteiger partial charge in [0.25, 0.3) is 0 Å². The summed E-state index contributed by atoms with van der Waals surface area (Å²) < 4.78 is 37.2. The van der Waals surface area contributed by atoms with Gasteiger partial charge >= 0.3 is 0 Å². The second-order valence-electron chi connectivity index (χ2n) is 5.75. The summed E-state index contributed by atoms with van der Waals surface area (Å²) in [6, 6.07) is 11.6. The number of ether oxygens (including phenoxy) is 1. The van der Waals surface area contributed by atoms with E-state index in [0.717, 1.165) is 29.7 Å². The molecule has 2 heterocycles. The van der Waals surface area contributed by atoms with Gasteiger partial charge < -0.3 is 14.5 Å². The average Bonchev–Trinajstić information content (AvgIpc) is 3.00. The molecule has 1 aliphatic heterocycles. The molecule has 0 saturated carbocycles. The number of nitrogens with one attached hydrogen (secondary N) is 1. The number of furan rings is 1. The quantitative estimate of drug-likeness (QED) is 0.755. The topological polar surface area (TPSA) is 68.5 Å². The smallest absolute Gasteiger partial charge is 0.206 e. The predicted molar refractivity (Wildman–Crippen MR) is 97.3 cm³/mol. The van der Waals surface area contributed by atoms with Crippen LogP contribution in [0.15, 0.2) is 56.7 Å². The van der Waals surface area contributed by atoms with Gasteiger partial charge in [-0.15, -0.1) is 12.4 Å². The fraction of sp³-hybridized carbons (Fsp3) is 0.222. The van der Waals surface area contributed by atoms with Crippen LogP contribution in [-0.4, -0.2) is 22.1 Å². The van der Waals surface area contributed by atoms with Gasteiger partial charge in [0.15, 0.2) is 11.3 Å². The minimum atomic E-state index is -3.61. The van der Waals surface area contributed by atoms with E-state index < -0.39 is 9.84 Å². The second kappa shape index (κ2) is 6.71. The summed E-state index contributed by atoms with van der Waals surface area (Å²) >= 11 is 0. The van der Waals surface area contributed by atoms with Gasteiger partial charge in [-0.05, 0) is 18.2 Å². The van der Waals surface area contributed by atoms with E-state index in [1.165, 1.54) is 13.2 Å². The number of methoxy groups -OCH3 is 1. The highest BCUT2D eigenvalue weighted by atomic mass is 35.5. The normalized spacial score (nSPS) is 14.0. The maximum atomic E-state index is 12.9. The lowest BCUT2D eigenvalue weighted by atomic mass is 10.1. The summed E-state index contributed by atoms with van der Waals surface area (Å²) in [7, 11) is -2.09. The fourth-order valence-electron chi connectivity index (χ4n) is 3.09. The molecule has 2 aromatic carbocycles. The molecule has 1 N–H and O–H groups in total. The largest absolute Gasteiger partial charge is 0.493 e. The molecule has 0 saturated heterocycles. The fourth-order valence-corrected chi connectivity index (χ4v) is 4.42. The number of hydrogen-bond acceptors (Lipinski definition) is 5. The van der Waals surface area contributed by atoms with Crippen LogP contribution in [0.5, 0.6) is 5.75 Å². The van der Waals surface area contributed by atoms with Crippen LogP contribution in [0.1, 0.15) is 11.3 Å². The monoisotopic (exact) mass is 379 g/mol. The molecule has 0 aliphatic carbocycles. The van der Waals surface area contributed by atoms with Crippen LogP contribution in [0, 0.1) is 0 Å². The predicted octanol–water partition coefficient (Wildman–Crippen LogP) is 3.34. The summed E-state index contributed by atoms with van der Waals surface area (Å²) in [6.45, 7) is 1.52. The molecular weight excluding hydrogens is 362 g/mol. The number of rotatable bonds is 3. The Morgan fingerprint density at radius 1 is 1.12 bits per heavy atom. The van der Waals surface area contributed by atoms with E-state index in [4.69, 9.17) is 9.15 Å². The van der Waals surface area contributed by atoms with Gasteiger partial charge in [0.2, 0.25) is 9.84 Å². The zero-order valence-corrected chi connectivity index (χ0v) is 15.2. The average molecular weight is 380 g/mol. The van der Waals surface area contributed by atoms with Crippen molar-refractivity contribution in [2.45, 2.75) is 22.8 Å². The molecule has 0 spiro atoms. The van der Waals surface area contributed by atoms with Crippen LogP contribution in [0.3, 0.4) is 0 Å². The first-order chi connectivity index (χ1) is 11.6. The van der Waals surface area contributed by atoms with Crippen LogP contribution < -0.4 is 10.1 Å². The lowest BCUT2D eigenvalue weighted by molar-refractivity contribution is 0.404. The van der Waals surface area contributed by atoms with Crippen molar-refractivity contribution in [3.05, 3.63) is 53.8 Å². The summed E-state index contributed by atoms with van der Waals surface area (Å²) in [5.74, 6) is 1.34. The van der Waals surface area contributed by atoms with Crippen molar-refractivity contribution in [3.8, 4) is 5.75 Å². The Hall–Kier alpha value is -2.02. The third-order valence-electron chi connectivity index (χ3n) is 4.33. The molecule has 1 aliphatic rings. The summed E-state index contributed by atoms with van der Waals surface area (Å²) in [5, 5.41) is 4.09. The van der Waals surface area contributed by atoms with Gasteiger partial charge in [0.05, 0.1) is 16.9 Å². The highest BCUT2D eigenvalue weighted by molar-refractivity contribution is 7.91. The van der Waals surface area contributed by atoms with E-state index in [1.807, 2.05) is 0 Å². The van der Waals surface area contributed by atoms with E-state index in [2.05, 4.69) is 5.32 Å². The molecule has 132 valence electrons. The van der Waals surface area contributed by atoms with Gasteiger partial charge in [0, 0.05) is 36.5 Å². The zero-order chi connectivity index (χ0) is 16.7. The number of benzene rings is 2. The van der Waals surface area contributed by atoms with Gasteiger partial charge in [-0.1, -0.05) is 18.2 Å². The second-order valence-corrected chi connectivity index (χ2v) is 7.70. The van der Waals surface area contributed by atoms with E-state index in [-0.39, 0.29) is 22.2 Å². The van der Waals surface area contributed by atoms with Crippen molar-refractivity contribution < 1.29 is 17.6 Å². The molecule has 4 rings (SSSR count). The molecule has 0 radical (unpaired) electrons. The minimum absolute atomic E-state index is 0. The SMILES string of the molecule is COc1cc(S(=O)(=O)c2ccccc2)cc2c3c(oc12)CCNC3.Cl. The summed E-state index contributed by atoms with van der Waals surface area (Å²) in [6.07, 6.45) is 0.786. The van der Waals surface area contributed by atoms with Crippen LogP contribution in [0.4, 0.5) is 0 Å². The Morgan fingerprint density at radius 3 is 2.60 bits per heavy atom. The van der Waals surface area contributed by atoms with E-state index in [0.29, 0.717) is 17.9 Å². The summed E-state index contributed by atoms with van der Waals surface area (Å²) in [5.41, 5.74) is 1.62. The summed E-state index contributed by atoms with van der Waals surface area (Å²) in [4.78, 5) is 0.481. The van der Waals surface area contributed by atoms with Crippen molar-refractivity contribution in [2.24, 2.45) is 0 Å². The molecule has 0 fully saturated rings. The van der Waals surface area contributed by atoms with Crippen LogP contribution >= 0.6 is 12.4 Å². The molecule has 3 aromatic rings. The van der Waals surface area contributed by atoms with Crippen molar-refractivity contribution >= 4 is 33.2 Å². The van der Waals surface area contributed by atoms with Crippen molar-refractivity contribution in [2.75, 3.05) is 13.7 Å². The van der Waals surface area contributed by atoms with Crippen molar-refractivity contribution in [3.63, 3.8) is 0 Å². The number of halogens is 1. The van der Waals surface area contributed by atoms with Crippen molar-refractivity contribution in [1.82, 2.24) is 5.32 Å². The Labute approximate surface area is 152 Å². The van der Waals surface area contributed by atoms with Gasteiger partial charge in [-0.2, -0.15) is 0 Å². The Bertz CT molecular complexity index is 1010. The molecule has 0 bridgehead atoms. The molecule has 7 heteroatoms. The van der Waals surface area contributed by atoms with E-state index >= 15 is 0 Å². The molecule has 0 atom stereocenters. The van der Waals surface area contributed by atoms with Crippen LogP contribution in [-0.2, 0) is 22.8 Å². The Kier molecular flexibility index (Phi) is 4.77. The first-order valence-electron chi connectivity index (χ1n) is 7.74. The molecule has 0 amide bonds. The maximum Gasteiger partial charge on any atom is 0.206 e. The van der Waals surface area contributed by atoms with E-state index in [1.54, 1.807) is 36.4 Å².